The zero-order valence-electron chi connectivity index (χ0n) is 8.92. The van der Waals surface area contributed by atoms with Crippen molar-refractivity contribution in [3.8, 4) is 0 Å². The van der Waals surface area contributed by atoms with Crippen LogP contribution in [-0.2, 0) is 4.79 Å². The SMILES string of the molecule is [N-]=[N+]=NCC(=O)N1CC[C@H](O)[C@@H](CCF)C1. The normalized spacial score (nSPS) is 25.0. The van der Waals surface area contributed by atoms with Crippen molar-refractivity contribution in [1.29, 1.82) is 0 Å². The topological polar surface area (TPSA) is 89.3 Å². The van der Waals surface area contributed by atoms with Crippen LogP contribution in [0.3, 0.4) is 0 Å². The Hall–Kier alpha value is -1.33. The van der Waals surface area contributed by atoms with E-state index in [0.29, 0.717) is 19.5 Å². The molecule has 1 rings (SSSR count). The number of hydrogen-bond donors (Lipinski definition) is 1. The largest absolute Gasteiger partial charge is 0.393 e. The van der Waals surface area contributed by atoms with Gasteiger partial charge in [-0.3, -0.25) is 9.18 Å². The first-order chi connectivity index (χ1) is 7.69. The third-order valence-corrected chi connectivity index (χ3v) is 2.80. The highest BCUT2D eigenvalue weighted by Crippen LogP contribution is 2.20. The van der Waals surface area contributed by atoms with E-state index in [9.17, 15) is 14.3 Å². The fourth-order valence-electron chi connectivity index (χ4n) is 1.86. The maximum atomic E-state index is 12.2. The Morgan fingerprint density at radius 1 is 1.69 bits per heavy atom. The van der Waals surface area contributed by atoms with Gasteiger partial charge in [0, 0.05) is 23.9 Å². The van der Waals surface area contributed by atoms with E-state index in [2.05, 4.69) is 10.0 Å². The van der Waals surface area contributed by atoms with E-state index >= 15 is 0 Å². The lowest BCUT2D eigenvalue weighted by molar-refractivity contribution is -0.133. The summed E-state index contributed by atoms with van der Waals surface area (Å²) in [5.41, 5.74) is 8.09. The molecule has 0 aliphatic carbocycles. The minimum Gasteiger partial charge on any atom is -0.393 e. The van der Waals surface area contributed by atoms with Gasteiger partial charge in [-0.05, 0) is 18.4 Å². The molecule has 1 N–H and O–H groups in total. The van der Waals surface area contributed by atoms with Crippen LogP contribution >= 0.6 is 0 Å². The van der Waals surface area contributed by atoms with Crippen LogP contribution in [0.5, 0.6) is 0 Å². The smallest absolute Gasteiger partial charge is 0.228 e. The summed E-state index contributed by atoms with van der Waals surface area (Å²) in [6, 6.07) is 0. The van der Waals surface area contributed by atoms with Crippen molar-refractivity contribution in [2.75, 3.05) is 26.3 Å². The average Bonchev–Trinajstić information content (AvgIpc) is 2.29. The van der Waals surface area contributed by atoms with Crippen LogP contribution in [0, 0.1) is 5.92 Å². The number of hydrogen-bond acceptors (Lipinski definition) is 3. The molecular formula is C9H15FN4O2. The molecule has 90 valence electrons. The van der Waals surface area contributed by atoms with Gasteiger partial charge in [0.05, 0.1) is 12.8 Å². The zero-order chi connectivity index (χ0) is 12.0. The van der Waals surface area contributed by atoms with Crippen LogP contribution in [0.2, 0.25) is 0 Å². The molecule has 1 amide bonds. The van der Waals surface area contributed by atoms with Crippen LogP contribution in [0.4, 0.5) is 4.39 Å². The van der Waals surface area contributed by atoms with Gasteiger partial charge in [-0.25, -0.2) is 0 Å². The minimum absolute atomic E-state index is 0.213. The van der Waals surface area contributed by atoms with E-state index in [1.165, 1.54) is 4.90 Å². The average molecular weight is 230 g/mol. The van der Waals surface area contributed by atoms with Crippen molar-refractivity contribution in [3.05, 3.63) is 10.4 Å². The summed E-state index contributed by atoms with van der Waals surface area (Å²) in [6.07, 6.45) is 0.165. The number of amides is 1. The first-order valence-electron chi connectivity index (χ1n) is 5.21. The Bertz CT molecular complexity index is 293. The van der Waals surface area contributed by atoms with Crippen LogP contribution in [0.15, 0.2) is 5.11 Å². The number of nitrogens with zero attached hydrogens (tertiary/aromatic N) is 4. The fourth-order valence-corrected chi connectivity index (χ4v) is 1.86. The Kier molecular flexibility index (Phi) is 5.01. The van der Waals surface area contributed by atoms with E-state index in [1.54, 1.807) is 0 Å². The molecule has 16 heavy (non-hydrogen) atoms. The van der Waals surface area contributed by atoms with Gasteiger partial charge in [-0.2, -0.15) is 0 Å². The standard InChI is InChI=1S/C9H15FN4O2/c10-3-1-7-6-14(4-2-8(7)15)9(16)5-12-13-11/h7-8,15H,1-6H2/t7-,8-/m0/s1. The lowest BCUT2D eigenvalue weighted by Gasteiger charge is -2.35. The minimum atomic E-state index is -0.542. The highest BCUT2D eigenvalue weighted by molar-refractivity contribution is 5.78. The van der Waals surface area contributed by atoms with Gasteiger partial charge in [-0.15, -0.1) is 0 Å². The van der Waals surface area contributed by atoms with E-state index < -0.39 is 12.8 Å². The van der Waals surface area contributed by atoms with E-state index in [-0.39, 0.29) is 24.8 Å². The van der Waals surface area contributed by atoms with Crippen molar-refractivity contribution in [2.45, 2.75) is 18.9 Å². The second kappa shape index (κ2) is 6.30. The number of aliphatic hydroxyl groups excluding tert-OH is 1. The van der Waals surface area contributed by atoms with Gasteiger partial charge >= 0.3 is 0 Å². The van der Waals surface area contributed by atoms with Crippen molar-refractivity contribution in [3.63, 3.8) is 0 Å². The highest BCUT2D eigenvalue weighted by Gasteiger charge is 2.29. The molecule has 0 aromatic carbocycles. The number of piperidine rings is 1. The van der Waals surface area contributed by atoms with Gasteiger partial charge < -0.3 is 10.0 Å². The summed E-state index contributed by atoms with van der Waals surface area (Å²) >= 11 is 0. The Morgan fingerprint density at radius 2 is 2.44 bits per heavy atom. The van der Waals surface area contributed by atoms with Crippen LogP contribution in [0.25, 0.3) is 10.4 Å². The van der Waals surface area contributed by atoms with Gasteiger partial charge in [0.25, 0.3) is 0 Å². The molecule has 0 saturated carbocycles. The molecule has 0 spiro atoms. The molecule has 0 radical (unpaired) electrons. The molecule has 0 unspecified atom stereocenters. The van der Waals surface area contributed by atoms with E-state index in [0.717, 1.165) is 0 Å². The van der Waals surface area contributed by atoms with Gasteiger partial charge in [0.1, 0.15) is 6.54 Å². The lowest BCUT2D eigenvalue weighted by atomic mass is 9.92. The number of alkyl halides is 1. The number of likely N-dealkylation sites (tertiary alicyclic amines) is 1. The van der Waals surface area contributed by atoms with Crippen LogP contribution < -0.4 is 0 Å². The number of azide groups is 1. The Balaban J connectivity index is 2.50. The molecule has 0 aromatic rings. The van der Waals surface area contributed by atoms with Crippen molar-refractivity contribution >= 4 is 5.91 Å². The summed E-state index contributed by atoms with van der Waals surface area (Å²) < 4.78 is 12.2. The number of halogens is 1. The molecule has 1 fully saturated rings. The number of rotatable bonds is 4. The molecule has 1 aliphatic rings. The Labute approximate surface area is 92.7 Å². The first-order valence-corrected chi connectivity index (χ1v) is 5.21. The van der Waals surface area contributed by atoms with Crippen LogP contribution in [0.1, 0.15) is 12.8 Å². The summed E-state index contributed by atoms with van der Waals surface area (Å²) in [5.74, 6) is -0.484. The second-order valence-corrected chi connectivity index (χ2v) is 3.82. The number of carbonyl (C=O) groups is 1. The number of carbonyl (C=O) groups excluding carboxylic acids is 1. The molecule has 7 heteroatoms. The second-order valence-electron chi connectivity index (χ2n) is 3.82. The van der Waals surface area contributed by atoms with Crippen molar-refractivity contribution in [2.24, 2.45) is 11.0 Å². The molecule has 1 aliphatic heterocycles. The zero-order valence-corrected chi connectivity index (χ0v) is 8.92. The van der Waals surface area contributed by atoms with Gasteiger partial charge in [0.2, 0.25) is 5.91 Å². The lowest BCUT2D eigenvalue weighted by Crippen LogP contribution is -2.46. The summed E-state index contributed by atoms with van der Waals surface area (Å²) in [5, 5.41) is 12.8. The summed E-state index contributed by atoms with van der Waals surface area (Å²) in [6.45, 7) is 0.0592. The predicted octanol–water partition coefficient (Wildman–Crippen LogP) is 0.866. The fraction of sp³-hybridized carbons (Fsp3) is 0.889. The molecule has 0 bridgehead atoms. The first kappa shape index (κ1) is 12.7. The third-order valence-electron chi connectivity index (χ3n) is 2.80. The van der Waals surface area contributed by atoms with E-state index in [4.69, 9.17) is 5.53 Å². The van der Waals surface area contributed by atoms with Crippen molar-refractivity contribution in [1.82, 2.24) is 4.90 Å². The molecule has 0 aromatic heterocycles. The molecule has 6 nitrogen and oxygen atoms in total. The van der Waals surface area contributed by atoms with Gasteiger partial charge in [-0.1, -0.05) is 5.11 Å². The van der Waals surface area contributed by atoms with E-state index in [1.807, 2.05) is 0 Å². The third kappa shape index (κ3) is 3.36. The molecule has 2 atom stereocenters. The molecule has 1 saturated heterocycles. The quantitative estimate of drug-likeness (QED) is 0.441. The number of aliphatic hydroxyl groups is 1. The van der Waals surface area contributed by atoms with Gasteiger partial charge in [0.15, 0.2) is 0 Å². The predicted molar refractivity (Wildman–Crippen MR) is 55.3 cm³/mol. The van der Waals surface area contributed by atoms with Crippen LogP contribution in [-0.4, -0.2) is 48.3 Å². The van der Waals surface area contributed by atoms with Crippen molar-refractivity contribution < 1.29 is 14.3 Å². The summed E-state index contributed by atoms with van der Waals surface area (Å²) in [7, 11) is 0. The maximum Gasteiger partial charge on any atom is 0.228 e. The molecule has 1 heterocycles. The highest BCUT2D eigenvalue weighted by atomic mass is 19.1. The monoisotopic (exact) mass is 230 g/mol. The summed E-state index contributed by atoms with van der Waals surface area (Å²) in [4.78, 5) is 15.5. The maximum absolute atomic E-state index is 12.2. The molecular weight excluding hydrogens is 215 g/mol. The Morgan fingerprint density at radius 3 is 3.06 bits per heavy atom.